The molecule has 1 aliphatic rings. The Kier molecular flexibility index (Phi) is 8.56. The SMILES string of the molecule is CC(C)c1cc(C(C)C)c(N2C=[N+](c3c(C(C)C)cc(C(C)C)cc3C(C)C)CC2)c(C(C)C)c1. The van der Waals surface area contributed by atoms with Crippen LogP contribution in [-0.2, 0) is 0 Å². The minimum atomic E-state index is 0.492. The molecular formula is C33H51N2+. The van der Waals surface area contributed by atoms with Gasteiger partial charge in [0.25, 0.3) is 0 Å². The van der Waals surface area contributed by atoms with E-state index in [1.54, 1.807) is 0 Å². The molecule has 0 bridgehead atoms. The Hall–Kier alpha value is -2.09. The number of nitrogens with zero attached hydrogens (tertiary/aromatic N) is 2. The van der Waals surface area contributed by atoms with Crippen LogP contribution in [0, 0.1) is 0 Å². The van der Waals surface area contributed by atoms with Crippen molar-refractivity contribution in [1.82, 2.24) is 0 Å². The van der Waals surface area contributed by atoms with Crippen LogP contribution in [0.4, 0.5) is 11.4 Å². The maximum Gasteiger partial charge on any atom is 0.244 e. The van der Waals surface area contributed by atoms with E-state index in [4.69, 9.17) is 0 Å². The van der Waals surface area contributed by atoms with Gasteiger partial charge in [-0.3, -0.25) is 0 Å². The fourth-order valence-corrected chi connectivity index (χ4v) is 5.34. The second-order valence-corrected chi connectivity index (χ2v) is 12.5. The van der Waals surface area contributed by atoms with Crippen molar-refractivity contribution in [1.29, 1.82) is 0 Å². The molecule has 0 amide bonds. The van der Waals surface area contributed by atoms with Gasteiger partial charge in [-0.25, -0.2) is 9.48 Å². The molecule has 35 heavy (non-hydrogen) atoms. The van der Waals surface area contributed by atoms with Crippen molar-refractivity contribution >= 4 is 17.7 Å². The van der Waals surface area contributed by atoms with Gasteiger partial charge >= 0.3 is 0 Å². The summed E-state index contributed by atoms with van der Waals surface area (Å²) in [4.78, 5) is 2.55. The molecule has 0 aliphatic carbocycles. The Morgan fingerprint density at radius 3 is 1.26 bits per heavy atom. The Labute approximate surface area is 216 Å². The Bertz CT molecular complexity index is 1010. The number of rotatable bonds is 8. The van der Waals surface area contributed by atoms with Crippen LogP contribution in [0.15, 0.2) is 24.3 Å². The van der Waals surface area contributed by atoms with E-state index < -0.39 is 0 Å². The molecule has 0 N–H and O–H groups in total. The van der Waals surface area contributed by atoms with E-state index in [2.05, 4.69) is 123 Å². The van der Waals surface area contributed by atoms with Crippen molar-refractivity contribution in [3.8, 4) is 0 Å². The first-order valence-corrected chi connectivity index (χ1v) is 14.1. The standard InChI is InChI=1S/C33H51N2/c1-20(2)26-15-28(22(5)6)32(29(16-26)23(7)8)34-13-14-35(19-34)33-30(24(9)10)17-27(21(3)4)18-31(33)25(11)12/h15-25H,13-14H2,1-12H3/q+1. The highest BCUT2D eigenvalue weighted by Crippen LogP contribution is 2.41. The normalized spacial score (nSPS) is 14.6. The van der Waals surface area contributed by atoms with Gasteiger partial charge in [-0.05, 0) is 46.6 Å². The van der Waals surface area contributed by atoms with Gasteiger partial charge in [0, 0.05) is 22.3 Å². The van der Waals surface area contributed by atoms with Gasteiger partial charge in [-0.2, -0.15) is 0 Å². The lowest BCUT2D eigenvalue weighted by Crippen LogP contribution is -2.22. The van der Waals surface area contributed by atoms with Gasteiger partial charge in [-0.1, -0.05) is 107 Å². The Morgan fingerprint density at radius 1 is 0.543 bits per heavy atom. The fraction of sp³-hybridized carbons (Fsp3) is 0.606. The van der Waals surface area contributed by atoms with Crippen molar-refractivity contribution < 1.29 is 4.58 Å². The van der Waals surface area contributed by atoms with Crippen molar-refractivity contribution in [3.05, 3.63) is 57.6 Å². The number of benzene rings is 2. The minimum absolute atomic E-state index is 0.492. The van der Waals surface area contributed by atoms with E-state index in [0.29, 0.717) is 35.5 Å². The molecule has 1 aliphatic heterocycles. The fourth-order valence-electron chi connectivity index (χ4n) is 5.34. The molecule has 1 heterocycles. The third-order valence-electron chi connectivity index (χ3n) is 7.64. The average Bonchev–Trinajstić information content (AvgIpc) is 3.26. The summed E-state index contributed by atoms with van der Waals surface area (Å²) in [6.45, 7) is 30.1. The Morgan fingerprint density at radius 2 is 0.914 bits per heavy atom. The zero-order valence-corrected chi connectivity index (χ0v) is 24.7. The summed E-state index contributed by atoms with van der Waals surface area (Å²) >= 11 is 0. The first-order valence-electron chi connectivity index (χ1n) is 14.1. The highest BCUT2D eigenvalue weighted by atomic mass is 15.3. The molecule has 0 aromatic heterocycles. The predicted octanol–water partition coefficient (Wildman–Crippen LogP) is 9.62. The van der Waals surface area contributed by atoms with E-state index in [0.717, 1.165) is 13.1 Å². The third-order valence-corrected chi connectivity index (χ3v) is 7.64. The molecule has 2 nitrogen and oxygen atoms in total. The van der Waals surface area contributed by atoms with E-state index in [-0.39, 0.29) is 0 Å². The van der Waals surface area contributed by atoms with Crippen LogP contribution < -0.4 is 4.90 Å². The summed E-state index contributed by atoms with van der Waals surface area (Å²) in [5.41, 5.74) is 11.8. The Balaban J connectivity index is 2.23. The molecule has 0 atom stereocenters. The third kappa shape index (κ3) is 5.68. The lowest BCUT2D eigenvalue weighted by molar-refractivity contribution is -0.425. The monoisotopic (exact) mass is 475 g/mol. The van der Waals surface area contributed by atoms with Crippen molar-refractivity contribution in [2.75, 3.05) is 18.0 Å². The summed E-state index contributed by atoms with van der Waals surface area (Å²) in [7, 11) is 0. The smallest absolute Gasteiger partial charge is 0.229 e. The predicted molar refractivity (Wildman–Crippen MR) is 156 cm³/mol. The van der Waals surface area contributed by atoms with Crippen molar-refractivity contribution in [2.45, 2.75) is 119 Å². The molecular weight excluding hydrogens is 424 g/mol. The minimum Gasteiger partial charge on any atom is -0.229 e. The lowest BCUT2D eigenvalue weighted by Gasteiger charge is -2.23. The largest absolute Gasteiger partial charge is 0.244 e. The van der Waals surface area contributed by atoms with Gasteiger partial charge in [0.15, 0.2) is 0 Å². The van der Waals surface area contributed by atoms with Crippen LogP contribution in [0.5, 0.6) is 0 Å². The molecule has 0 fully saturated rings. The van der Waals surface area contributed by atoms with E-state index >= 15 is 0 Å². The molecule has 3 rings (SSSR count). The van der Waals surface area contributed by atoms with Crippen LogP contribution in [0.3, 0.4) is 0 Å². The lowest BCUT2D eigenvalue weighted by atomic mass is 9.87. The van der Waals surface area contributed by atoms with Crippen molar-refractivity contribution in [3.63, 3.8) is 0 Å². The van der Waals surface area contributed by atoms with Crippen LogP contribution >= 0.6 is 0 Å². The maximum atomic E-state index is 2.55. The van der Waals surface area contributed by atoms with Gasteiger partial charge in [0.05, 0.1) is 0 Å². The summed E-state index contributed by atoms with van der Waals surface area (Å²) in [5, 5.41) is 0. The first-order chi connectivity index (χ1) is 16.3. The molecule has 192 valence electrons. The summed E-state index contributed by atoms with van der Waals surface area (Å²) in [6.07, 6.45) is 2.42. The van der Waals surface area contributed by atoms with Crippen molar-refractivity contribution in [2.24, 2.45) is 0 Å². The van der Waals surface area contributed by atoms with Gasteiger partial charge in [0.1, 0.15) is 24.5 Å². The summed E-state index contributed by atoms with van der Waals surface area (Å²) in [5.74, 6) is 3.05. The molecule has 2 aromatic rings. The van der Waals surface area contributed by atoms with Gasteiger partial charge < -0.3 is 0 Å². The van der Waals surface area contributed by atoms with E-state index in [9.17, 15) is 0 Å². The zero-order valence-electron chi connectivity index (χ0n) is 24.7. The second kappa shape index (κ2) is 10.9. The van der Waals surface area contributed by atoms with Crippen LogP contribution in [0.2, 0.25) is 0 Å². The highest BCUT2D eigenvalue weighted by Gasteiger charge is 2.32. The first kappa shape index (κ1) is 27.5. The average molecular weight is 476 g/mol. The van der Waals surface area contributed by atoms with E-state index in [1.807, 2.05) is 0 Å². The van der Waals surface area contributed by atoms with E-state index in [1.165, 1.54) is 44.8 Å². The molecule has 0 radical (unpaired) electrons. The molecule has 0 saturated heterocycles. The summed E-state index contributed by atoms with van der Waals surface area (Å²) < 4.78 is 2.55. The van der Waals surface area contributed by atoms with Gasteiger partial charge in [-0.15, -0.1) is 0 Å². The van der Waals surface area contributed by atoms with Crippen LogP contribution in [0.25, 0.3) is 0 Å². The zero-order chi connectivity index (χ0) is 26.2. The topological polar surface area (TPSA) is 6.25 Å². The number of hydrogen-bond acceptors (Lipinski definition) is 1. The second-order valence-electron chi connectivity index (χ2n) is 12.5. The van der Waals surface area contributed by atoms with Gasteiger partial charge in [0.2, 0.25) is 6.34 Å². The van der Waals surface area contributed by atoms with Crippen LogP contribution in [-0.4, -0.2) is 24.0 Å². The molecule has 2 heteroatoms. The molecule has 2 aromatic carbocycles. The maximum absolute atomic E-state index is 2.55. The molecule has 0 spiro atoms. The number of hydrogen-bond donors (Lipinski definition) is 0. The highest BCUT2D eigenvalue weighted by molar-refractivity contribution is 5.83. The summed E-state index contributed by atoms with van der Waals surface area (Å²) in [6, 6.07) is 9.90. The molecule has 0 saturated carbocycles. The quantitative estimate of drug-likeness (QED) is 0.344. The number of anilines is 1. The molecule has 0 unspecified atom stereocenters. The van der Waals surface area contributed by atoms with Crippen LogP contribution in [0.1, 0.15) is 152 Å².